The summed E-state index contributed by atoms with van der Waals surface area (Å²) in [5.74, 6) is 1.81. The van der Waals surface area contributed by atoms with Crippen molar-refractivity contribution in [1.29, 1.82) is 0 Å². The second kappa shape index (κ2) is 45.8. The van der Waals surface area contributed by atoms with E-state index in [0.717, 1.165) is 95.6 Å². The Morgan fingerprint density at radius 1 is 0.388 bits per heavy atom. The lowest BCUT2D eigenvalue weighted by Crippen LogP contribution is -2.49. The van der Waals surface area contributed by atoms with Crippen molar-refractivity contribution in [3.05, 3.63) is 47.5 Å². The Hall–Kier alpha value is -6.46. The van der Waals surface area contributed by atoms with Crippen LogP contribution in [0.1, 0.15) is 249 Å². The maximum absolute atomic E-state index is 13.6. The summed E-state index contributed by atoms with van der Waals surface area (Å²) < 4.78 is 40.3. The van der Waals surface area contributed by atoms with Crippen LogP contribution in [0.2, 0.25) is 0 Å². The molecule has 0 spiro atoms. The number of hydrogen-bond donors (Lipinski definition) is 0. The molecule has 0 radical (unpaired) electrons. The van der Waals surface area contributed by atoms with Gasteiger partial charge in [0.25, 0.3) is 0 Å². The second-order valence-corrected chi connectivity index (χ2v) is 37.3. The molecule has 9 fully saturated rings. The predicted octanol–water partition coefficient (Wildman–Crippen LogP) is 14.1. The molecule has 3 unspecified atom stereocenters. The van der Waals surface area contributed by atoms with E-state index >= 15 is 0 Å². The molecule has 23 nitrogen and oxygen atoms in total. The van der Waals surface area contributed by atoms with E-state index in [0.29, 0.717) is 97.3 Å². The normalized spacial score (nSPS) is 26.6. The largest absolute Gasteiger partial charge is 0.469 e. The number of ether oxygens (including phenoxy) is 8. The van der Waals surface area contributed by atoms with Crippen molar-refractivity contribution in [1.82, 2.24) is 24.5 Å². The van der Waals surface area contributed by atoms with Crippen LogP contribution in [0.25, 0.3) is 0 Å². The highest BCUT2D eigenvalue weighted by atomic mass is 16.5. The molecule has 116 heavy (non-hydrogen) atoms. The molecule has 10 aliphatic rings. The van der Waals surface area contributed by atoms with E-state index < -0.39 is 11.8 Å². The molecule has 1 aromatic rings. The van der Waals surface area contributed by atoms with Gasteiger partial charge in [-0.2, -0.15) is 0 Å². The number of carbonyl (C=O) groups excluding carboxylic acids is 10. The Balaban J connectivity index is 0.000000201. The molecule has 1 aromatic carbocycles. The van der Waals surface area contributed by atoms with Crippen LogP contribution in [-0.4, -0.2) is 220 Å². The fraction of sp³-hybridized carbons (Fsp3) is 0.806. The molecular weight excluding hydrogens is 1480 g/mol. The molecular formula is C93H151N5O18. The average Bonchev–Trinajstić information content (AvgIpc) is 1.63. The fourth-order valence-electron chi connectivity index (χ4n) is 21.2. The van der Waals surface area contributed by atoms with Gasteiger partial charge in [0.1, 0.15) is 0 Å². The molecule has 3 saturated carbocycles. The Kier molecular flexibility index (Phi) is 38.2. The lowest BCUT2D eigenvalue weighted by Gasteiger charge is -2.38. The minimum atomic E-state index is -0.465. The highest BCUT2D eigenvalue weighted by Crippen LogP contribution is 2.49. The third kappa shape index (κ3) is 24.6. The smallest absolute Gasteiger partial charge is 0.306 e. The molecule has 5 amide bonds. The van der Waals surface area contributed by atoms with Crippen LogP contribution in [0.4, 0.5) is 0 Å². The standard InChI is InChI=1S/C21H29NO3.C20H33NO4.2C18H31NO4.C16H27NO3/c1-14(2)19-9-6-10-22(19)21(24)18(13-20(23)25-3)17-11-15-7-4-5-8-16(15)12-17;1-13(2)18-11-15-5-4-6-17(15)21(18)20(23)16(12-19(22)24-3)14-7-9-25-10-8-14;2*1-11(2)16-9-13-7-6-8-15(13)19(16)18(21)14(12(3)22-4)10-17(20)23-5;1-10(2)13(8-15(18)20-6)16(19)17-9-12(5)7-14(17)11(3)4/h4-5,7-8,14,17-19H,6,9-13H2,1-3H3;13-18H,4-12H2,1-3H3;2*11-16H,6-10H2,1-5H3;10-11,13-14H,5,7-9H2,1-4,6H3/t18-,19-;15-,16-,17?,18-;12-,13+,14+,15?,16+;12-,13-,14-,15?,16-;13-,14-/m00100/s1. The van der Waals surface area contributed by atoms with Gasteiger partial charge in [-0.1, -0.05) is 139 Å². The summed E-state index contributed by atoms with van der Waals surface area (Å²) in [6.45, 7) is 36.3. The number of nitrogens with zero attached hydrogens (tertiary/aromatic N) is 5. The van der Waals surface area contributed by atoms with Crippen molar-refractivity contribution >= 4 is 59.4 Å². The molecule has 23 heteroatoms. The van der Waals surface area contributed by atoms with Crippen LogP contribution in [0.3, 0.4) is 0 Å². The van der Waals surface area contributed by atoms with E-state index in [-0.39, 0.29) is 157 Å². The van der Waals surface area contributed by atoms with Gasteiger partial charge in [-0.3, -0.25) is 47.9 Å². The first-order chi connectivity index (χ1) is 55.1. The zero-order valence-electron chi connectivity index (χ0n) is 74.9. The van der Waals surface area contributed by atoms with Crippen molar-refractivity contribution in [3.8, 4) is 0 Å². The first-order valence-electron chi connectivity index (χ1n) is 44.4. The van der Waals surface area contributed by atoms with Gasteiger partial charge >= 0.3 is 29.8 Å². The molecule has 6 saturated heterocycles. The van der Waals surface area contributed by atoms with Crippen molar-refractivity contribution < 1.29 is 85.8 Å². The summed E-state index contributed by atoms with van der Waals surface area (Å²) in [6.07, 6.45) is 20.6. The molecule has 0 N–H and O–H groups in total. The van der Waals surface area contributed by atoms with Crippen LogP contribution in [-0.2, 0) is 98.7 Å². The number of methoxy groups -OCH3 is 7. The average molecular weight is 1630 g/mol. The van der Waals surface area contributed by atoms with E-state index in [9.17, 15) is 47.9 Å². The molecule has 18 atom stereocenters. The van der Waals surface area contributed by atoms with Gasteiger partial charge in [-0.05, 0) is 193 Å². The van der Waals surface area contributed by atoms with Gasteiger partial charge in [-0.15, -0.1) is 0 Å². The molecule has 4 aliphatic carbocycles. The van der Waals surface area contributed by atoms with E-state index in [1.807, 2.05) is 49.6 Å². The first kappa shape index (κ1) is 96.7. The molecule has 11 rings (SSSR count). The zero-order chi connectivity index (χ0) is 85.7. The lowest BCUT2D eigenvalue weighted by atomic mass is 9.82. The first-order valence-corrected chi connectivity index (χ1v) is 44.4. The van der Waals surface area contributed by atoms with Gasteiger partial charge in [0.2, 0.25) is 29.5 Å². The number of likely N-dealkylation sites (tertiary alicyclic amines) is 5. The summed E-state index contributed by atoms with van der Waals surface area (Å²) in [6, 6.07) is 10.8. The summed E-state index contributed by atoms with van der Waals surface area (Å²) in [5, 5.41) is 0. The van der Waals surface area contributed by atoms with Crippen molar-refractivity contribution in [3.63, 3.8) is 0 Å². The zero-order valence-corrected chi connectivity index (χ0v) is 74.9. The minimum Gasteiger partial charge on any atom is -0.469 e. The van der Waals surface area contributed by atoms with Gasteiger partial charge in [-0.25, -0.2) is 0 Å². The van der Waals surface area contributed by atoms with Crippen LogP contribution >= 0.6 is 0 Å². The quantitative estimate of drug-likeness (QED) is 0.0450. The number of fused-ring (bicyclic) bond motifs is 4. The van der Waals surface area contributed by atoms with E-state index in [1.54, 1.807) is 14.2 Å². The van der Waals surface area contributed by atoms with Crippen LogP contribution < -0.4 is 0 Å². The van der Waals surface area contributed by atoms with Gasteiger partial charge in [0, 0.05) is 88.9 Å². The van der Waals surface area contributed by atoms with Crippen molar-refractivity contribution in [2.24, 2.45) is 94.7 Å². The van der Waals surface area contributed by atoms with Gasteiger partial charge < -0.3 is 62.4 Å². The third-order valence-corrected chi connectivity index (χ3v) is 28.2. The molecule has 656 valence electrons. The second-order valence-electron chi connectivity index (χ2n) is 37.3. The van der Waals surface area contributed by atoms with Crippen LogP contribution in [0, 0.1) is 94.7 Å². The van der Waals surface area contributed by atoms with E-state index in [2.05, 4.69) is 103 Å². The Morgan fingerprint density at radius 3 is 1.11 bits per heavy atom. The number of benzene rings is 1. The summed E-state index contributed by atoms with van der Waals surface area (Å²) in [7, 11) is 10.1. The Labute approximate surface area is 696 Å². The molecule has 0 bridgehead atoms. The monoisotopic (exact) mass is 1630 g/mol. The Bertz CT molecular complexity index is 3280. The molecule has 6 heterocycles. The predicted molar refractivity (Wildman–Crippen MR) is 447 cm³/mol. The van der Waals surface area contributed by atoms with Gasteiger partial charge in [0.15, 0.2) is 0 Å². The van der Waals surface area contributed by atoms with Crippen molar-refractivity contribution in [2.75, 3.05) is 76.1 Å². The topological polar surface area (TPSA) is 261 Å². The van der Waals surface area contributed by atoms with Gasteiger partial charge in [0.05, 0.1) is 109 Å². The summed E-state index contributed by atoms with van der Waals surface area (Å²) in [4.78, 5) is 136. The number of carbonyl (C=O) groups is 10. The minimum absolute atomic E-state index is 0.0581. The maximum Gasteiger partial charge on any atom is 0.306 e. The number of rotatable bonds is 27. The molecule has 6 aliphatic heterocycles. The maximum atomic E-state index is 13.6. The van der Waals surface area contributed by atoms with E-state index in [4.69, 9.17) is 37.9 Å². The van der Waals surface area contributed by atoms with Crippen LogP contribution in [0.5, 0.6) is 0 Å². The molecule has 0 aromatic heterocycles. The summed E-state index contributed by atoms with van der Waals surface area (Å²) in [5.41, 5.74) is 3.73. The highest BCUT2D eigenvalue weighted by Gasteiger charge is 2.53. The SMILES string of the molecule is C=C1C[C@@H](C(C)C)N(C(=O)[C@@H](CC(=O)OC)C(C)C)C1.COC(=O)C[C@H](C(=O)N1C2CCC[C@H]2C[C@H]1C(C)C)C1CCOCC1.COC(=O)C[C@H](C(=O)N1C2CCC[C@H]2C[C@H]1C(C)C)[C@@H](C)OC.COC(=O)C[C@H](C(=O)N1C2CCC[C@H]2C[C@H]1C(C)C)[C@H](C)OC.COC(=O)C[C@H](C(=O)N1CCC[C@H]1C(C)C)C1Cc2ccccc2C1. The number of amides is 5. The lowest BCUT2D eigenvalue weighted by molar-refractivity contribution is -0.152. The summed E-state index contributed by atoms with van der Waals surface area (Å²) >= 11 is 0. The fourth-order valence-corrected chi connectivity index (χ4v) is 21.2. The third-order valence-electron chi connectivity index (χ3n) is 28.2. The van der Waals surface area contributed by atoms with Crippen molar-refractivity contribution in [2.45, 2.75) is 312 Å². The van der Waals surface area contributed by atoms with Crippen LogP contribution in [0.15, 0.2) is 36.4 Å². The highest BCUT2D eigenvalue weighted by molar-refractivity contribution is 5.88. The Morgan fingerprint density at radius 2 is 0.750 bits per heavy atom. The van der Waals surface area contributed by atoms with E-state index in [1.165, 1.54) is 85.2 Å². The number of esters is 5. The number of hydrogen-bond acceptors (Lipinski definition) is 18.